The van der Waals surface area contributed by atoms with Gasteiger partial charge in [0.25, 0.3) is 0 Å². The summed E-state index contributed by atoms with van der Waals surface area (Å²) in [6.07, 6.45) is 2.03. The highest BCUT2D eigenvalue weighted by molar-refractivity contribution is 5.50. The molecule has 0 unspecified atom stereocenters. The summed E-state index contributed by atoms with van der Waals surface area (Å²) in [7, 11) is 0. The summed E-state index contributed by atoms with van der Waals surface area (Å²) in [6, 6.07) is 8.55. The van der Waals surface area contributed by atoms with E-state index in [0.29, 0.717) is 12.6 Å². The third kappa shape index (κ3) is 2.54. The number of anilines is 1. The van der Waals surface area contributed by atoms with E-state index in [1.807, 2.05) is 24.3 Å². The van der Waals surface area contributed by atoms with Crippen LogP contribution < -0.4 is 4.90 Å². The molecule has 0 amide bonds. The molecule has 0 aliphatic heterocycles. The van der Waals surface area contributed by atoms with E-state index < -0.39 is 6.10 Å². The Kier molecular flexibility index (Phi) is 3.46. The Morgan fingerprint density at radius 1 is 1.31 bits per heavy atom. The molecular weight excluding hydrogens is 202 g/mol. The lowest BCUT2D eigenvalue weighted by molar-refractivity contribution is 0.199. The van der Waals surface area contributed by atoms with E-state index in [4.69, 9.17) is 5.11 Å². The summed E-state index contributed by atoms with van der Waals surface area (Å²) in [5.41, 5.74) is 2.07. The van der Waals surface area contributed by atoms with Crippen molar-refractivity contribution >= 4 is 5.69 Å². The molecular formula is C13H19NO2. The molecule has 1 saturated carbocycles. The highest BCUT2D eigenvalue weighted by Crippen LogP contribution is 2.31. The largest absolute Gasteiger partial charge is 0.395 e. The second-order valence-electron chi connectivity index (χ2n) is 4.42. The standard InChI is InChI=1S/C13H19NO2/c1-10(16)11-2-4-12(5-3-11)14(8-9-15)13-6-7-13/h2-5,10,13,15-16H,6-9H2,1H3/t10-/m0/s1. The number of benzene rings is 1. The number of aliphatic hydroxyl groups excluding tert-OH is 2. The van der Waals surface area contributed by atoms with Crippen LogP contribution in [-0.2, 0) is 0 Å². The van der Waals surface area contributed by atoms with Crippen molar-refractivity contribution in [2.24, 2.45) is 0 Å². The Balaban J connectivity index is 2.11. The van der Waals surface area contributed by atoms with Gasteiger partial charge in [-0.1, -0.05) is 12.1 Å². The van der Waals surface area contributed by atoms with Gasteiger partial charge in [-0.25, -0.2) is 0 Å². The van der Waals surface area contributed by atoms with Crippen molar-refractivity contribution in [2.45, 2.75) is 31.9 Å². The number of rotatable bonds is 5. The van der Waals surface area contributed by atoms with Crippen LogP contribution in [0.15, 0.2) is 24.3 Å². The molecule has 0 aromatic heterocycles. The van der Waals surface area contributed by atoms with Gasteiger partial charge in [-0.05, 0) is 37.5 Å². The van der Waals surface area contributed by atoms with Crippen molar-refractivity contribution in [3.8, 4) is 0 Å². The van der Waals surface area contributed by atoms with Gasteiger partial charge in [-0.2, -0.15) is 0 Å². The first kappa shape index (κ1) is 11.4. The zero-order chi connectivity index (χ0) is 11.5. The minimum Gasteiger partial charge on any atom is -0.395 e. The Hall–Kier alpha value is -1.06. The SMILES string of the molecule is C[C@H](O)c1ccc(N(CCO)C2CC2)cc1. The molecule has 1 atom stereocenters. The second-order valence-corrected chi connectivity index (χ2v) is 4.42. The maximum Gasteiger partial charge on any atom is 0.0761 e. The van der Waals surface area contributed by atoms with Crippen LogP contribution in [0.5, 0.6) is 0 Å². The van der Waals surface area contributed by atoms with Gasteiger partial charge >= 0.3 is 0 Å². The maximum absolute atomic E-state index is 9.42. The fourth-order valence-corrected chi connectivity index (χ4v) is 1.96. The Labute approximate surface area is 96.3 Å². The third-order valence-electron chi connectivity index (χ3n) is 3.04. The molecule has 1 aliphatic rings. The van der Waals surface area contributed by atoms with E-state index in [9.17, 15) is 5.11 Å². The predicted molar refractivity (Wildman–Crippen MR) is 64.5 cm³/mol. The lowest BCUT2D eigenvalue weighted by atomic mass is 10.1. The molecule has 1 aliphatic carbocycles. The third-order valence-corrected chi connectivity index (χ3v) is 3.04. The molecule has 0 radical (unpaired) electrons. The zero-order valence-electron chi connectivity index (χ0n) is 9.63. The number of aliphatic hydroxyl groups is 2. The Bertz CT molecular complexity index is 330. The summed E-state index contributed by atoms with van der Waals surface area (Å²) < 4.78 is 0. The fourth-order valence-electron chi connectivity index (χ4n) is 1.96. The van der Waals surface area contributed by atoms with Crippen molar-refractivity contribution in [2.75, 3.05) is 18.1 Å². The molecule has 2 N–H and O–H groups in total. The molecule has 0 heterocycles. The van der Waals surface area contributed by atoms with Crippen molar-refractivity contribution < 1.29 is 10.2 Å². The Morgan fingerprint density at radius 2 is 1.94 bits per heavy atom. The topological polar surface area (TPSA) is 43.7 Å². The van der Waals surface area contributed by atoms with Gasteiger partial charge in [0.2, 0.25) is 0 Å². The van der Waals surface area contributed by atoms with Crippen LogP contribution in [0.3, 0.4) is 0 Å². The number of hydrogen-bond acceptors (Lipinski definition) is 3. The molecule has 3 nitrogen and oxygen atoms in total. The van der Waals surface area contributed by atoms with E-state index in [1.54, 1.807) is 6.92 Å². The molecule has 0 saturated heterocycles. The second kappa shape index (κ2) is 4.85. The molecule has 1 aromatic rings. The quantitative estimate of drug-likeness (QED) is 0.795. The monoisotopic (exact) mass is 221 g/mol. The van der Waals surface area contributed by atoms with Gasteiger partial charge in [0.05, 0.1) is 12.7 Å². The van der Waals surface area contributed by atoms with Crippen molar-refractivity contribution in [3.63, 3.8) is 0 Å². The summed E-state index contributed by atoms with van der Waals surface area (Å²) in [6.45, 7) is 2.65. The summed E-state index contributed by atoms with van der Waals surface area (Å²) in [5, 5.41) is 18.5. The highest BCUT2D eigenvalue weighted by Gasteiger charge is 2.28. The van der Waals surface area contributed by atoms with Crippen LogP contribution in [0, 0.1) is 0 Å². The van der Waals surface area contributed by atoms with Crippen LogP contribution in [0.1, 0.15) is 31.4 Å². The number of nitrogens with zero attached hydrogens (tertiary/aromatic N) is 1. The zero-order valence-corrected chi connectivity index (χ0v) is 9.63. The minimum absolute atomic E-state index is 0.189. The number of hydrogen-bond donors (Lipinski definition) is 2. The van der Waals surface area contributed by atoms with Gasteiger partial charge < -0.3 is 15.1 Å². The summed E-state index contributed by atoms with van der Waals surface area (Å²) in [5.74, 6) is 0. The molecule has 0 bridgehead atoms. The van der Waals surface area contributed by atoms with Gasteiger partial charge in [-0.3, -0.25) is 0 Å². The smallest absolute Gasteiger partial charge is 0.0761 e. The average Bonchev–Trinajstić information content (AvgIpc) is 3.10. The van der Waals surface area contributed by atoms with Gasteiger partial charge in [0.15, 0.2) is 0 Å². The first-order valence-electron chi connectivity index (χ1n) is 5.88. The summed E-state index contributed by atoms with van der Waals surface area (Å²) >= 11 is 0. The molecule has 16 heavy (non-hydrogen) atoms. The predicted octanol–water partition coefficient (Wildman–Crippen LogP) is 1.70. The first-order chi connectivity index (χ1) is 7.72. The maximum atomic E-state index is 9.42. The highest BCUT2D eigenvalue weighted by atomic mass is 16.3. The van der Waals surface area contributed by atoms with Crippen molar-refractivity contribution in [1.29, 1.82) is 0 Å². The fraction of sp³-hybridized carbons (Fsp3) is 0.538. The molecule has 0 spiro atoms. The van der Waals surface area contributed by atoms with E-state index >= 15 is 0 Å². The van der Waals surface area contributed by atoms with Crippen LogP contribution >= 0.6 is 0 Å². The minimum atomic E-state index is -0.415. The van der Waals surface area contributed by atoms with Gasteiger partial charge in [0, 0.05) is 18.3 Å². The lowest BCUT2D eigenvalue weighted by Crippen LogP contribution is -2.28. The van der Waals surface area contributed by atoms with E-state index in [0.717, 1.165) is 11.3 Å². The Morgan fingerprint density at radius 3 is 2.38 bits per heavy atom. The molecule has 1 aromatic carbocycles. The van der Waals surface area contributed by atoms with Gasteiger partial charge in [-0.15, -0.1) is 0 Å². The molecule has 1 fully saturated rings. The van der Waals surface area contributed by atoms with Crippen LogP contribution in [0.2, 0.25) is 0 Å². The molecule has 3 heteroatoms. The van der Waals surface area contributed by atoms with Crippen molar-refractivity contribution in [1.82, 2.24) is 0 Å². The molecule has 2 rings (SSSR count). The van der Waals surface area contributed by atoms with Crippen LogP contribution in [0.25, 0.3) is 0 Å². The van der Waals surface area contributed by atoms with E-state index in [1.165, 1.54) is 12.8 Å². The van der Waals surface area contributed by atoms with Crippen LogP contribution in [-0.4, -0.2) is 29.4 Å². The summed E-state index contributed by atoms with van der Waals surface area (Å²) in [4.78, 5) is 2.24. The van der Waals surface area contributed by atoms with Crippen LogP contribution in [0.4, 0.5) is 5.69 Å². The van der Waals surface area contributed by atoms with Crippen molar-refractivity contribution in [3.05, 3.63) is 29.8 Å². The van der Waals surface area contributed by atoms with Gasteiger partial charge in [0.1, 0.15) is 0 Å². The first-order valence-corrected chi connectivity index (χ1v) is 5.88. The molecule has 88 valence electrons. The average molecular weight is 221 g/mol. The lowest BCUT2D eigenvalue weighted by Gasteiger charge is -2.24. The van der Waals surface area contributed by atoms with E-state index in [2.05, 4.69) is 4.90 Å². The van der Waals surface area contributed by atoms with E-state index in [-0.39, 0.29) is 6.61 Å². The normalized spacial score (nSPS) is 17.2.